The van der Waals surface area contributed by atoms with Crippen LogP contribution >= 0.6 is 11.3 Å². The van der Waals surface area contributed by atoms with Gasteiger partial charge in [0.15, 0.2) is 0 Å². The first kappa shape index (κ1) is 24.5. The van der Waals surface area contributed by atoms with E-state index >= 15 is 0 Å². The van der Waals surface area contributed by atoms with E-state index in [1.54, 1.807) is 0 Å². The van der Waals surface area contributed by atoms with Crippen molar-refractivity contribution in [2.45, 2.75) is 66.2 Å². The highest BCUT2D eigenvalue weighted by Gasteiger charge is 2.32. The Balaban J connectivity index is 1.70. The zero-order chi connectivity index (χ0) is 23.6. The summed E-state index contributed by atoms with van der Waals surface area (Å²) in [5.41, 5.74) is 3.61. The molecule has 1 atom stereocenters. The number of thiophene rings is 1. The smallest absolute Gasteiger partial charge is 0.346 e. The molecule has 4 rings (SSSR count). The van der Waals surface area contributed by atoms with Crippen LogP contribution in [-0.4, -0.2) is 48.8 Å². The van der Waals surface area contributed by atoms with E-state index in [4.69, 9.17) is 4.74 Å². The summed E-state index contributed by atoms with van der Waals surface area (Å²) < 4.78 is 5.61. The third-order valence-corrected chi connectivity index (χ3v) is 8.37. The Hall–Kier alpha value is -1.61. The van der Waals surface area contributed by atoms with Gasteiger partial charge in [-0.1, -0.05) is 37.2 Å². The van der Waals surface area contributed by atoms with Gasteiger partial charge in [-0.25, -0.2) is 4.79 Å². The number of hydrogen-bond donors (Lipinski definition) is 1. The summed E-state index contributed by atoms with van der Waals surface area (Å²) in [4.78, 5) is 16.1. The average molecular weight is 470 g/mol. The van der Waals surface area contributed by atoms with Crippen LogP contribution in [-0.2, 0) is 4.74 Å². The van der Waals surface area contributed by atoms with Crippen molar-refractivity contribution in [2.75, 3.05) is 32.8 Å². The molecular weight excluding hydrogens is 430 g/mol. The van der Waals surface area contributed by atoms with Crippen molar-refractivity contribution in [3.05, 3.63) is 27.0 Å². The summed E-state index contributed by atoms with van der Waals surface area (Å²) >= 11 is 1.34. The van der Waals surface area contributed by atoms with Crippen molar-refractivity contribution in [3.63, 3.8) is 0 Å². The van der Waals surface area contributed by atoms with Crippen molar-refractivity contribution in [1.82, 2.24) is 4.90 Å². The Morgan fingerprint density at radius 2 is 2.00 bits per heavy atom. The van der Waals surface area contributed by atoms with Crippen LogP contribution in [0.5, 0.6) is 0 Å². The normalized spacial score (nSPS) is 26.8. The first-order valence-electron chi connectivity index (χ1n) is 12.6. The minimum absolute atomic E-state index is 0.109. The topological polar surface area (TPSA) is 49.8 Å². The van der Waals surface area contributed by atoms with Crippen LogP contribution in [0.2, 0.25) is 0 Å². The highest BCUT2D eigenvalue weighted by atomic mass is 32.1. The van der Waals surface area contributed by atoms with Crippen LogP contribution in [0, 0.1) is 35.0 Å². The van der Waals surface area contributed by atoms with E-state index in [1.165, 1.54) is 48.2 Å². The van der Waals surface area contributed by atoms with Gasteiger partial charge in [0, 0.05) is 37.2 Å². The summed E-state index contributed by atoms with van der Waals surface area (Å²) in [7, 11) is 0. The van der Waals surface area contributed by atoms with Gasteiger partial charge in [-0.2, -0.15) is 0 Å². The number of carboxylic acids is 1. The maximum absolute atomic E-state index is 12.3. The highest BCUT2D eigenvalue weighted by Crippen LogP contribution is 2.42. The van der Waals surface area contributed by atoms with Crippen LogP contribution < -0.4 is 0 Å². The molecule has 0 amide bonds. The van der Waals surface area contributed by atoms with E-state index in [2.05, 4.69) is 50.5 Å². The number of nitrogens with zero attached hydrogens (tertiary/aromatic N) is 1. The van der Waals surface area contributed by atoms with E-state index in [0.717, 1.165) is 62.0 Å². The molecule has 0 radical (unpaired) electrons. The summed E-state index contributed by atoms with van der Waals surface area (Å²) in [5, 5.41) is 10.1. The van der Waals surface area contributed by atoms with Gasteiger partial charge in [-0.3, -0.25) is 4.90 Å². The molecule has 3 aliphatic rings. The molecule has 0 aromatic carbocycles. The monoisotopic (exact) mass is 469 g/mol. The molecule has 1 aliphatic carbocycles. The number of aromatic carboxylic acids is 1. The summed E-state index contributed by atoms with van der Waals surface area (Å²) in [6.07, 6.45) is 7.22. The molecule has 1 saturated heterocycles. The van der Waals surface area contributed by atoms with Crippen molar-refractivity contribution >= 4 is 22.9 Å². The quantitative estimate of drug-likeness (QED) is 0.524. The van der Waals surface area contributed by atoms with Crippen LogP contribution in [0.4, 0.5) is 0 Å². The van der Waals surface area contributed by atoms with E-state index in [9.17, 15) is 9.90 Å². The first-order chi connectivity index (χ1) is 15.7. The molecule has 1 saturated carbocycles. The Morgan fingerprint density at radius 3 is 2.64 bits per heavy atom. The SMILES string of the molecule is CC1CCC(C2=C(c3cc(C#CC(C)(C)C)sc3C(=O)O)CN(CC3CCOC3)CC2)CC1. The second-order valence-corrected chi connectivity index (χ2v) is 12.4. The third-order valence-electron chi connectivity index (χ3n) is 7.33. The second kappa shape index (κ2) is 10.3. The molecule has 0 spiro atoms. The van der Waals surface area contributed by atoms with Gasteiger partial charge in [-0.15, -0.1) is 11.3 Å². The van der Waals surface area contributed by atoms with Gasteiger partial charge < -0.3 is 9.84 Å². The predicted molar refractivity (Wildman–Crippen MR) is 136 cm³/mol. The lowest BCUT2D eigenvalue weighted by Crippen LogP contribution is -2.37. The number of carbonyl (C=O) groups is 1. The van der Waals surface area contributed by atoms with E-state index in [0.29, 0.717) is 16.7 Å². The molecule has 5 heteroatoms. The third kappa shape index (κ3) is 6.29. The van der Waals surface area contributed by atoms with Gasteiger partial charge in [-0.05, 0) is 75.8 Å². The lowest BCUT2D eigenvalue weighted by Gasteiger charge is -2.37. The fourth-order valence-electron chi connectivity index (χ4n) is 5.48. The molecule has 1 aromatic heterocycles. The average Bonchev–Trinajstić information content (AvgIpc) is 3.42. The summed E-state index contributed by atoms with van der Waals surface area (Å²) in [5.74, 6) is 7.72. The summed E-state index contributed by atoms with van der Waals surface area (Å²) in [6, 6.07) is 2.07. The van der Waals surface area contributed by atoms with Crippen molar-refractivity contribution in [3.8, 4) is 11.8 Å². The molecule has 2 fully saturated rings. The van der Waals surface area contributed by atoms with E-state index < -0.39 is 5.97 Å². The number of carboxylic acid groups (broad SMARTS) is 1. The van der Waals surface area contributed by atoms with E-state index in [-0.39, 0.29) is 5.41 Å². The molecule has 2 aliphatic heterocycles. The van der Waals surface area contributed by atoms with E-state index in [1.807, 2.05) is 0 Å². The van der Waals surface area contributed by atoms with Crippen LogP contribution in [0.1, 0.15) is 86.3 Å². The highest BCUT2D eigenvalue weighted by molar-refractivity contribution is 7.14. The predicted octanol–water partition coefficient (Wildman–Crippen LogP) is 6.17. The summed E-state index contributed by atoms with van der Waals surface area (Å²) in [6.45, 7) is 13.3. The number of hydrogen-bond acceptors (Lipinski definition) is 4. The molecule has 4 nitrogen and oxygen atoms in total. The maximum atomic E-state index is 12.3. The van der Waals surface area contributed by atoms with Crippen molar-refractivity contribution in [1.29, 1.82) is 0 Å². The van der Waals surface area contributed by atoms with Gasteiger partial charge in [0.2, 0.25) is 0 Å². The molecule has 1 aromatic rings. The Kier molecular flexibility index (Phi) is 7.68. The molecule has 180 valence electrons. The maximum Gasteiger partial charge on any atom is 0.346 e. The van der Waals surface area contributed by atoms with Crippen LogP contribution in [0.3, 0.4) is 0 Å². The Bertz CT molecular complexity index is 944. The van der Waals surface area contributed by atoms with Gasteiger partial charge in [0.1, 0.15) is 4.88 Å². The van der Waals surface area contributed by atoms with Crippen molar-refractivity contribution in [2.24, 2.45) is 23.2 Å². The van der Waals surface area contributed by atoms with Gasteiger partial charge in [0.25, 0.3) is 0 Å². The standard InChI is InChI=1S/C28H39NO3S/c1-19-5-7-21(8-6-19)23-10-13-29(16-20-11-14-32-18-20)17-25(23)24-15-22(9-12-28(2,3)4)33-26(24)27(30)31/h15,19-21H,5-8,10-11,13-14,16-18H2,1-4H3,(H,30,31). The molecule has 1 N–H and O–H groups in total. The molecule has 33 heavy (non-hydrogen) atoms. The lowest BCUT2D eigenvalue weighted by atomic mass is 9.75. The fraction of sp³-hybridized carbons (Fsp3) is 0.679. The lowest BCUT2D eigenvalue weighted by molar-refractivity contribution is 0.0701. The van der Waals surface area contributed by atoms with Crippen LogP contribution in [0.15, 0.2) is 11.6 Å². The minimum atomic E-state index is -0.829. The fourth-order valence-corrected chi connectivity index (χ4v) is 6.36. The Morgan fingerprint density at radius 1 is 1.24 bits per heavy atom. The molecule has 3 heterocycles. The van der Waals surface area contributed by atoms with Gasteiger partial charge >= 0.3 is 5.97 Å². The number of ether oxygens (including phenoxy) is 1. The minimum Gasteiger partial charge on any atom is -0.477 e. The molecule has 0 bridgehead atoms. The first-order valence-corrected chi connectivity index (χ1v) is 13.4. The number of rotatable bonds is 5. The molecule has 1 unspecified atom stereocenters. The zero-order valence-corrected chi connectivity index (χ0v) is 21.5. The van der Waals surface area contributed by atoms with Crippen molar-refractivity contribution < 1.29 is 14.6 Å². The van der Waals surface area contributed by atoms with Gasteiger partial charge in [0.05, 0.1) is 11.5 Å². The Labute approximate surface area is 203 Å². The zero-order valence-electron chi connectivity index (χ0n) is 20.7. The van der Waals surface area contributed by atoms with Crippen LogP contribution in [0.25, 0.3) is 5.57 Å². The molecular formula is C28H39NO3S. The second-order valence-electron chi connectivity index (χ2n) is 11.3. The largest absolute Gasteiger partial charge is 0.477 e.